The fourth-order valence-corrected chi connectivity index (χ4v) is 8.40. The van der Waals surface area contributed by atoms with Gasteiger partial charge in [-0.1, -0.05) is 57.9 Å². The van der Waals surface area contributed by atoms with E-state index in [1.807, 2.05) is 32.9 Å². The molecule has 284 valence electrons. The molecule has 0 spiro atoms. The van der Waals surface area contributed by atoms with Crippen molar-refractivity contribution in [1.82, 2.24) is 25.2 Å². The van der Waals surface area contributed by atoms with Gasteiger partial charge in [0.15, 0.2) is 0 Å². The van der Waals surface area contributed by atoms with Crippen molar-refractivity contribution in [3.63, 3.8) is 0 Å². The summed E-state index contributed by atoms with van der Waals surface area (Å²) >= 11 is 0. The summed E-state index contributed by atoms with van der Waals surface area (Å²) in [5.41, 5.74) is -0.840. The zero-order valence-electron chi connectivity index (χ0n) is 29.8. The molecule has 52 heavy (non-hydrogen) atoms. The number of carbonyl (C=O) groups is 5. The SMILES string of the molecule is CC(C)(C)COC(=O)N[C@H]1CCCCCC=C[C@@H]2C[C@@]2(C(=O)NS(=O)(=O)C2CC2)NC(=O)[C@@H]2C[C@@H](OC(=O)N3Cc4cccc(F)c4C3)CN2C1=O. The first-order valence-corrected chi connectivity index (χ1v) is 19.6. The monoisotopic (exact) mass is 745 g/mol. The molecule has 0 unspecified atom stereocenters. The van der Waals surface area contributed by atoms with Crippen LogP contribution in [0.4, 0.5) is 14.0 Å². The maximum absolute atomic E-state index is 14.4. The minimum absolute atomic E-state index is 0.000899. The smallest absolute Gasteiger partial charge is 0.410 e. The van der Waals surface area contributed by atoms with E-state index in [2.05, 4.69) is 15.4 Å². The molecule has 14 nitrogen and oxygen atoms in total. The molecule has 3 aliphatic heterocycles. The molecule has 1 saturated heterocycles. The maximum Gasteiger partial charge on any atom is 0.410 e. The molecule has 2 aliphatic carbocycles. The topological polar surface area (TPSA) is 181 Å². The summed E-state index contributed by atoms with van der Waals surface area (Å²) in [6, 6.07) is 2.31. The van der Waals surface area contributed by atoms with Gasteiger partial charge in [0, 0.05) is 24.4 Å². The lowest BCUT2D eigenvalue weighted by atomic mass is 9.99. The molecule has 3 fully saturated rings. The van der Waals surface area contributed by atoms with Gasteiger partial charge in [-0.05, 0) is 55.6 Å². The molecule has 3 heterocycles. The van der Waals surface area contributed by atoms with Gasteiger partial charge in [-0.25, -0.2) is 22.4 Å². The van der Waals surface area contributed by atoms with Crippen LogP contribution in [0.2, 0.25) is 0 Å². The Labute approximate surface area is 303 Å². The number of carbonyl (C=O) groups excluding carboxylic acids is 5. The molecular formula is C36H48FN5O9S. The fraction of sp³-hybridized carbons (Fsp3) is 0.639. The molecule has 6 rings (SSSR count). The van der Waals surface area contributed by atoms with Gasteiger partial charge in [0.2, 0.25) is 21.8 Å². The number of nitrogens with one attached hydrogen (secondary N) is 3. The van der Waals surface area contributed by atoms with Crippen LogP contribution in [0.5, 0.6) is 0 Å². The van der Waals surface area contributed by atoms with Gasteiger partial charge >= 0.3 is 12.2 Å². The molecule has 0 bridgehead atoms. The highest BCUT2D eigenvalue weighted by Gasteiger charge is 2.62. The van der Waals surface area contributed by atoms with Crippen LogP contribution in [0.25, 0.3) is 0 Å². The lowest BCUT2D eigenvalue weighted by Gasteiger charge is -2.30. The highest BCUT2D eigenvalue weighted by Crippen LogP contribution is 2.46. The number of hydrogen-bond donors (Lipinski definition) is 3. The van der Waals surface area contributed by atoms with E-state index >= 15 is 0 Å². The molecule has 5 aliphatic rings. The van der Waals surface area contributed by atoms with Gasteiger partial charge in [0.25, 0.3) is 5.91 Å². The highest BCUT2D eigenvalue weighted by atomic mass is 32.2. The third kappa shape index (κ3) is 8.53. The number of amides is 5. The lowest BCUT2D eigenvalue weighted by Crippen LogP contribution is -2.58. The van der Waals surface area contributed by atoms with Gasteiger partial charge in [-0.3, -0.25) is 24.0 Å². The Hall–Kier alpha value is -4.21. The number of halogens is 1. The van der Waals surface area contributed by atoms with E-state index in [4.69, 9.17) is 9.47 Å². The summed E-state index contributed by atoms with van der Waals surface area (Å²) < 4.78 is 53.3. The third-order valence-corrected chi connectivity index (χ3v) is 12.0. The zero-order chi connectivity index (χ0) is 37.4. The number of benzene rings is 1. The summed E-state index contributed by atoms with van der Waals surface area (Å²) in [4.78, 5) is 70.9. The maximum atomic E-state index is 14.4. The van der Waals surface area contributed by atoms with Crippen LogP contribution < -0.4 is 15.4 Å². The van der Waals surface area contributed by atoms with E-state index in [-0.39, 0.29) is 50.9 Å². The number of alkyl carbamates (subject to hydrolysis) is 1. The second-order valence-corrected chi connectivity index (χ2v) is 17.8. The van der Waals surface area contributed by atoms with Crippen LogP contribution in [-0.4, -0.2) is 90.3 Å². The van der Waals surface area contributed by atoms with Gasteiger partial charge in [0.05, 0.1) is 24.9 Å². The Balaban J connectivity index is 1.24. The number of rotatable bonds is 6. The van der Waals surface area contributed by atoms with Crippen molar-refractivity contribution in [2.75, 3.05) is 13.2 Å². The van der Waals surface area contributed by atoms with Gasteiger partial charge in [-0.2, -0.15) is 0 Å². The Morgan fingerprint density at radius 3 is 2.56 bits per heavy atom. The second-order valence-electron chi connectivity index (χ2n) is 15.8. The first-order chi connectivity index (χ1) is 24.6. The van der Waals surface area contributed by atoms with Crippen molar-refractivity contribution in [3.05, 3.63) is 47.3 Å². The molecule has 0 radical (unpaired) electrons. The molecule has 3 N–H and O–H groups in total. The minimum atomic E-state index is -3.92. The normalized spacial score (nSPS) is 28.0. The average Bonchev–Trinajstić information content (AvgIpc) is 3.96. The van der Waals surface area contributed by atoms with Crippen LogP contribution in [0.1, 0.15) is 89.7 Å². The first kappa shape index (κ1) is 37.5. The number of hydrogen-bond acceptors (Lipinski definition) is 9. The van der Waals surface area contributed by atoms with E-state index in [1.54, 1.807) is 12.1 Å². The van der Waals surface area contributed by atoms with Crippen LogP contribution in [-0.2, 0) is 47.0 Å². The van der Waals surface area contributed by atoms with E-state index in [0.29, 0.717) is 36.8 Å². The van der Waals surface area contributed by atoms with Crippen LogP contribution in [0.15, 0.2) is 30.4 Å². The number of allylic oxidation sites excluding steroid dienone is 1. The standard InChI is InChI=1S/C36H48FN5O9S/c1-35(2,3)21-50-33(46)38-28-13-8-6-4-5-7-11-23-17-36(23,32(45)40-52(48,49)25-14-15-25)39-30(43)29-16-24(19-42(29)31(28)44)51-34(47)41-18-22-10-9-12-27(37)26(22)20-41/h7,9-12,23-25,28-29H,4-6,8,13-21H2,1-3H3,(H,38,46)(H,39,43)(H,40,45)/t23-,24-,28+,29+,36-/m1/s1. The minimum Gasteiger partial charge on any atom is -0.449 e. The average molecular weight is 746 g/mol. The van der Waals surface area contributed by atoms with Crippen molar-refractivity contribution in [1.29, 1.82) is 0 Å². The quantitative estimate of drug-likeness (QED) is 0.368. The summed E-state index contributed by atoms with van der Waals surface area (Å²) in [6.07, 6.45) is 5.15. The molecule has 2 saturated carbocycles. The van der Waals surface area contributed by atoms with E-state index in [9.17, 15) is 36.8 Å². The third-order valence-electron chi connectivity index (χ3n) is 10.2. The molecule has 5 atom stereocenters. The number of ether oxygens (including phenoxy) is 2. The molecule has 16 heteroatoms. The lowest BCUT2D eigenvalue weighted by molar-refractivity contribution is -0.141. The van der Waals surface area contributed by atoms with Gasteiger partial charge < -0.3 is 25.0 Å². The molecule has 5 amide bonds. The summed E-state index contributed by atoms with van der Waals surface area (Å²) in [5, 5.41) is 4.81. The van der Waals surface area contributed by atoms with Crippen LogP contribution >= 0.6 is 0 Å². The summed E-state index contributed by atoms with van der Waals surface area (Å²) in [5.74, 6) is -3.05. The Bertz CT molecular complexity index is 1740. The molecule has 1 aromatic carbocycles. The molecule has 0 aromatic heterocycles. The van der Waals surface area contributed by atoms with Crippen molar-refractivity contribution in [2.45, 2.75) is 121 Å². The van der Waals surface area contributed by atoms with Crippen LogP contribution in [0.3, 0.4) is 0 Å². The highest BCUT2D eigenvalue weighted by molar-refractivity contribution is 7.91. The fourth-order valence-electron chi connectivity index (χ4n) is 7.04. The predicted molar refractivity (Wildman–Crippen MR) is 185 cm³/mol. The predicted octanol–water partition coefficient (Wildman–Crippen LogP) is 3.39. The Morgan fingerprint density at radius 2 is 1.85 bits per heavy atom. The van der Waals surface area contributed by atoms with E-state index in [0.717, 1.165) is 12.8 Å². The van der Waals surface area contributed by atoms with E-state index in [1.165, 1.54) is 15.9 Å². The van der Waals surface area contributed by atoms with Gasteiger partial charge in [0.1, 0.15) is 29.5 Å². The summed E-state index contributed by atoms with van der Waals surface area (Å²) in [6.45, 7) is 5.73. The van der Waals surface area contributed by atoms with Crippen LogP contribution in [0, 0.1) is 17.2 Å². The molecular weight excluding hydrogens is 697 g/mol. The second kappa shape index (κ2) is 14.7. The first-order valence-electron chi connectivity index (χ1n) is 18.1. The summed E-state index contributed by atoms with van der Waals surface area (Å²) in [7, 11) is -3.92. The number of nitrogens with zero attached hydrogens (tertiary/aromatic N) is 2. The van der Waals surface area contributed by atoms with Crippen molar-refractivity contribution < 1.29 is 46.3 Å². The van der Waals surface area contributed by atoms with Crippen molar-refractivity contribution >= 4 is 39.9 Å². The number of sulfonamides is 1. The van der Waals surface area contributed by atoms with Crippen molar-refractivity contribution in [2.24, 2.45) is 11.3 Å². The Morgan fingerprint density at radius 1 is 1.08 bits per heavy atom. The number of fused-ring (bicyclic) bond motifs is 3. The van der Waals surface area contributed by atoms with Crippen molar-refractivity contribution in [3.8, 4) is 0 Å². The van der Waals surface area contributed by atoms with E-state index < -0.39 is 80.6 Å². The van der Waals surface area contributed by atoms with Gasteiger partial charge in [-0.15, -0.1) is 0 Å². The molecule has 1 aromatic rings. The largest absolute Gasteiger partial charge is 0.449 e. The zero-order valence-corrected chi connectivity index (χ0v) is 30.6. The Kier molecular flexibility index (Phi) is 10.6.